The van der Waals surface area contributed by atoms with E-state index in [9.17, 15) is 4.79 Å². The van der Waals surface area contributed by atoms with Gasteiger partial charge in [-0.15, -0.1) is 5.92 Å². The van der Waals surface area contributed by atoms with Crippen LogP contribution in [-0.2, 0) is 4.79 Å². The smallest absolute Gasteiger partial charge is 0.304 e. The van der Waals surface area contributed by atoms with Gasteiger partial charge >= 0.3 is 5.97 Å². The van der Waals surface area contributed by atoms with E-state index in [2.05, 4.69) is 32.6 Å². The lowest BCUT2D eigenvalue weighted by Crippen LogP contribution is -2.14. The maximum Gasteiger partial charge on any atom is 0.304 e. The molecule has 0 spiro atoms. The van der Waals surface area contributed by atoms with Gasteiger partial charge in [-0.05, 0) is 36.5 Å². The standard InChI is InChI=1S/C18H24O3/c1-5-6-16(11-18(19)20)15-7-9-17(10-8-15)21-12-14(4)13(2)3/h7-10,13-14,16H,11-12H2,1-4H3,(H,19,20)/t14-,16+/m1/s1. The first kappa shape index (κ1) is 17.1. The highest BCUT2D eigenvalue weighted by Crippen LogP contribution is 2.23. The predicted octanol–water partition coefficient (Wildman–Crippen LogP) is 3.94. The summed E-state index contributed by atoms with van der Waals surface area (Å²) in [5.74, 6) is 6.52. The minimum Gasteiger partial charge on any atom is -0.493 e. The second kappa shape index (κ2) is 8.36. The Hall–Kier alpha value is -1.95. The number of rotatable bonds is 7. The molecule has 0 aliphatic heterocycles. The first-order valence-corrected chi connectivity index (χ1v) is 7.30. The van der Waals surface area contributed by atoms with Crippen molar-refractivity contribution in [1.82, 2.24) is 0 Å². The van der Waals surface area contributed by atoms with Crippen molar-refractivity contribution >= 4 is 5.97 Å². The van der Waals surface area contributed by atoms with Crippen molar-refractivity contribution in [3.8, 4) is 17.6 Å². The van der Waals surface area contributed by atoms with E-state index in [0.717, 1.165) is 11.3 Å². The summed E-state index contributed by atoms with van der Waals surface area (Å²) in [6.45, 7) is 8.93. The summed E-state index contributed by atoms with van der Waals surface area (Å²) in [5, 5.41) is 8.93. The number of carboxylic acids is 1. The molecule has 0 fully saturated rings. The van der Waals surface area contributed by atoms with Crippen LogP contribution in [0.1, 0.15) is 45.6 Å². The van der Waals surface area contributed by atoms with Gasteiger partial charge in [0.2, 0.25) is 0 Å². The fourth-order valence-corrected chi connectivity index (χ4v) is 1.82. The van der Waals surface area contributed by atoms with Crippen LogP contribution in [0.5, 0.6) is 5.75 Å². The van der Waals surface area contributed by atoms with Crippen LogP contribution in [0, 0.1) is 23.7 Å². The number of benzene rings is 1. The largest absolute Gasteiger partial charge is 0.493 e. The molecule has 0 heterocycles. The summed E-state index contributed by atoms with van der Waals surface area (Å²) < 4.78 is 5.75. The zero-order valence-electron chi connectivity index (χ0n) is 13.2. The lowest BCUT2D eigenvalue weighted by molar-refractivity contribution is -0.137. The third-order valence-electron chi connectivity index (χ3n) is 3.63. The maximum absolute atomic E-state index is 10.9. The van der Waals surface area contributed by atoms with Crippen molar-refractivity contribution in [3.63, 3.8) is 0 Å². The predicted molar refractivity (Wildman–Crippen MR) is 84.4 cm³/mol. The summed E-state index contributed by atoms with van der Waals surface area (Å²) in [6.07, 6.45) is 0.0193. The van der Waals surface area contributed by atoms with Crippen molar-refractivity contribution in [2.75, 3.05) is 6.61 Å². The van der Waals surface area contributed by atoms with E-state index in [4.69, 9.17) is 9.84 Å². The molecule has 0 saturated carbocycles. The maximum atomic E-state index is 10.9. The van der Waals surface area contributed by atoms with Gasteiger partial charge in [0.25, 0.3) is 0 Å². The lowest BCUT2D eigenvalue weighted by atomic mass is 9.96. The van der Waals surface area contributed by atoms with Crippen molar-refractivity contribution in [3.05, 3.63) is 29.8 Å². The Balaban J connectivity index is 2.71. The molecule has 0 saturated heterocycles. The minimum atomic E-state index is -0.839. The fourth-order valence-electron chi connectivity index (χ4n) is 1.82. The van der Waals surface area contributed by atoms with E-state index in [1.165, 1.54) is 0 Å². The summed E-state index contributed by atoms with van der Waals surface area (Å²) >= 11 is 0. The Bertz CT molecular complexity index is 506. The third kappa shape index (κ3) is 5.91. The molecule has 21 heavy (non-hydrogen) atoms. The summed E-state index contributed by atoms with van der Waals surface area (Å²) in [5.41, 5.74) is 0.913. The molecule has 1 aromatic rings. The SMILES string of the molecule is CC#C[C@@H](CC(=O)O)c1ccc(OC[C@@H](C)C(C)C)cc1. The Labute approximate surface area is 127 Å². The lowest BCUT2D eigenvalue weighted by Gasteiger charge is -2.16. The number of ether oxygens (including phenoxy) is 1. The van der Waals surface area contributed by atoms with Gasteiger partial charge in [-0.2, -0.15) is 0 Å². The van der Waals surface area contributed by atoms with E-state index in [1.54, 1.807) is 6.92 Å². The van der Waals surface area contributed by atoms with Gasteiger partial charge in [0, 0.05) is 0 Å². The average Bonchev–Trinajstić information content (AvgIpc) is 2.44. The quantitative estimate of drug-likeness (QED) is 0.773. The van der Waals surface area contributed by atoms with E-state index in [0.29, 0.717) is 18.4 Å². The van der Waals surface area contributed by atoms with Gasteiger partial charge in [0.1, 0.15) is 5.75 Å². The van der Waals surface area contributed by atoms with Crippen LogP contribution in [0.4, 0.5) is 0 Å². The third-order valence-corrected chi connectivity index (χ3v) is 3.63. The Morgan fingerprint density at radius 2 is 1.86 bits per heavy atom. The number of aliphatic carboxylic acids is 1. The highest BCUT2D eigenvalue weighted by molar-refractivity contribution is 5.69. The molecule has 0 radical (unpaired) electrons. The number of carbonyl (C=O) groups is 1. The molecule has 0 unspecified atom stereocenters. The molecule has 1 aromatic carbocycles. The molecule has 114 valence electrons. The van der Waals surface area contributed by atoms with E-state index in [1.807, 2.05) is 24.3 Å². The Kier molecular flexibility index (Phi) is 6.81. The first-order chi connectivity index (χ1) is 9.93. The van der Waals surface area contributed by atoms with Crippen LogP contribution in [0.2, 0.25) is 0 Å². The van der Waals surface area contributed by atoms with Crippen molar-refractivity contribution in [1.29, 1.82) is 0 Å². The van der Waals surface area contributed by atoms with Crippen LogP contribution in [-0.4, -0.2) is 17.7 Å². The van der Waals surface area contributed by atoms with Gasteiger partial charge in [-0.25, -0.2) is 0 Å². The monoisotopic (exact) mass is 288 g/mol. The summed E-state index contributed by atoms with van der Waals surface area (Å²) in [4.78, 5) is 10.9. The number of hydrogen-bond donors (Lipinski definition) is 1. The van der Waals surface area contributed by atoms with Crippen molar-refractivity contribution < 1.29 is 14.6 Å². The zero-order chi connectivity index (χ0) is 15.8. The molecule has 2 atom stereocenters. The highest BCUT2D eigenvalue weighted by Gasteiger charge is 2.13. The summed E-state index contributed by atoms with van der Waals surface area (Å²) in [7, 11) is 0. The molecule has 0 aliphatic carbocycles. The van der Waals surface area contributed by atoms with Crippen molar-refractivity contribution in [2.24, 2.45) is 11.8 Å². The van der Waals surface area contributed by atoms with Crippen LogP contribution in [0.3, 0.4) is 0 Å². The average molecular weight is 288 g/mol. The van der Waals surface area contributed by atoms with E-state index in [-0.39, 0.29) is 12.3 Å². The van der Waals surface area contributed by atoms with Gasteiger partial charge < -0.3 is 9.84 Å². The normalized spacial score (nSPS) is 13.2. The van der Waals surface area contributed by atoms with Crippen LogP contribution in [0.25, 0.3) is 0 Å². The number of carboxylic acid groups (broad SMARTS) is 1. The highest BCUT2D eigenvalue weighted by atomic mass is 16.5. The topological polar surface area (TPSA) is 46.5 Å². The second-order valence-corrected chi connectivity index (χ2v) is 5.65. The molecular formula is C18H24O3. The molecule has 1 N–H and O–H groups in total. The van der Waals surface area contributed by atoms with Crippen LogP contribution < -0.4 is 4.74 Å². The number of hydrogen-bond acceptors (Lipinski definition) is 2. The molecule has 3 nitrogen and oxygen atoms in total. The van der Waals surface area contributed by atoms with Crippen molar-refractivity contribution in [2.45, 2.75) is 40.0 Å². The molecule has 0 amide bonds. The zero-order valence-corrected chi connectivity index (χ0v) is 13.2. The minimum absolute atomic E-state index is 0.0193. The molecular weight excluding hydrogens is 264 g/mol. The summed E-state index contributed by atoms with van der Waals surface area (Å²) in [6, 6.07) is 7.56. The Morgan fingerprint density at radius 1 is 1.24 bits per heavy atom. The molecule has 3 heteroatoms. The molecule has 0 aliphatic rings. The van der Waals surface area contributed by atoms with E-state index < -0.39 is 5.97 Å². The Morgan fingerprint density at radius 3 is 2.33 bits per heavy atom. The van der Waals surface area contributed by atoms with E-state index >= 15 is 0 Å². The fraction of sp³-hybridized carbons (Fsp3) is 0.500. The van der Waals surface area contributed by atoms with Gasteiger partial charge in [0.05, 0.1) is 18.9 Å². The van der Waals surface area contributed by atoms with Gasteiger partial charge in [-0.3, -0.25) is 4.79 Å². The van der Waals surface area contributed by atoms with Crippen LogP contribution in [0.15, 0.2) is 24.3 Å². The second-order valence-electron chi connectivity index (χ2n) is 5.65. The van der Waals surface area contributed by atoms with Gasteiger partial charge in [-0.1, -0.05) is 38.8 Å². The van der Waals surface area contributed by atoms with Gasteiger partial charge in [0.15, 0.2) is 0 Å². The van der Waals surface area contributed by atoms with Crippen LogP contribution >= 0.6 is 0 Å². The molecule has 1 rings (SSSR count). The molecule has 0 aromatic heterocycles. The first-order valence-electron chi connectivity index (χ1n) is 7.30. The molecule has 0 bridgehead atoms.